The van der Waals surface area contributed by atoms with Crippen LogP contribution < -0.4 is 0 Å². The van der Waals surface area contributed by atoms with Gasteiger partial charge in [-0.2, -0.15) is 0 Å². The van der Waals surface area contributed by atoms with E-state index in [-0.39, 0.29) is 0 Å². The number of aromatic nitrogens is 1. The lowest BCUT2D eigenvalue weighted by Gasteiger charge is -1.75. The molecule has 1 heterocycles. The molecule has 0 aliphatic rings. The molecular formula is C6H6BrN. The number of aromatic amines is 1. The molecule has 0 aliphatic carbocycles. The molecule has 0 atom stereocenters. The molecule has 42 valence electrons. The zero-order chi connectivity index (χ0) is 5.98. The monoisotopic (exact) mass is 171 g/mol. The van der Waals surface area contributed by atoms with Crippen LogP contribution in [0.15, 0.2) is 23.3 Å². The van der Waals surface area contributed by atoms with Gasteiger partial charge in [0.15, 0.2) is 0 Å². The Morgan fingerprint density at radius 1 is 1.75 bits per heavy atom. The second-order valence-electron chi connectivity index (χ2n) is 1.48. The maximum Gasteiger partial charge on any atom is 0.0385 e. The molecule has 1 aromatic heterocycles. The van der Waals surface area contributed by atoms with Crippen molar-refractivity contribution in [3.63, 3.8) is 0 Å². The molecule has 1 nitrogen and oxygen atoms in total. The Labute approximate surface area is 56.5 Å². The Bertz CT molecular complexity index is 190. The Balaban J connectivity index is 3.00. The van der Waals surface area contributed by atoms with Gasteiger partial charge in [0, 0.05) is 16.4 Å². The van der Waals surface area contributed by atoms with Crippen molar-refractivity contribution >= 4 is 22.0 Å². The van der Waals surface area contributed by atoms with E-state index in [1.165, 1.54) is 0 Å². The van der Waals surface area contributed by atoms with Crippen molar-refractivity contribution in [2.45, 2.75) is 0 Å². The number of rotatable bonds is 1. The quantitative estimate of drug-likeness (QED) is 0.669. The Morgan fingerprint density at radius 2 is 2.50 bits per heavy atom. The first-order valence-electron chi connectivity index (χ1n) is 2.29. The topological polar surface area (TPSA) is 15.8 Å². The summed E-state index contributed by atoms with van der Waals surface area (Å²) in [6.07, 6.45) is 3.64. The Hall–Kier alpha value is -0.500. The highest BCUT2D eigenvalue weighted by atomic mass is 79.9. The van der Waals surface area contributed by atoms with Crippen LogP contribution in [0.1, 0.15) is 5.69 Å². The molecule has 0 aliphatic heterocycles. The van der Waals surface area contributed by atoms with Crippen molar-refractivity contribution in [2.24, 2.45) is 0 Å². The molecule has 1 aromatic rings. The second kappa shape index (κ2) is 2.18. The van der Waals surface area contributed by atoms with Crippen molar-refractivity contribution < 1.29 is 0 Å². The zero-order valence-electron chi connectivity index (χ0n) is 4.32. The smallest absolute Gasteiger partial charge is 0.0385 e. The lowest BCUT2D eigenvalue weighted by atomic mass is 10.4. The standard InChI is InChI=1S/C6H6BrN/c1-2-6-3-5(7)4-8-6/h2-4,8H,1H2. The molecule has 0 amide bonds. The largest absolute Gasteiger partial charge is 0.361 e. The molecule has 0 radical (unpaired) electrons. The first kappa shape index (κ1) is 5.63. The summed E-state index contributed by atoms with van der Waals surface area (Å²) < 4.78 is 1.06. The molecule has 0 spiro atoms. The fraction of sp³-hybridized carbons (Fsp3) is 0. The van der Waals surface area contributed by atoms with Crippen molar-refractivity contribution in [1.82, 2.24) is 4.98 Å². The molecule has 1 N–H and O–H groups in total. The molecule has 0 aromatic carbocycles. The van der Waals surface area contributed by atoms with Crippen LogP contribution in [0.25, 0.3) is 6.08 Å². The van der Waals surface area contributed by atoms with Gasteiger partial charge in [0.1, 0.15) is 0 Å². The van der Waals surface area contributed by atoms with Crippen LogP contribution in [0.2, 0.25) is 0 Å². The van der Waals surface area contributed by atoms with Crippen LogP contribution in [0, 0.1) is 0 Å². The van der Waals surface area contributed by atoms with Crippen molar-refractivity contribution in [3.8, 4) is 0 Å². The van der Waals surface area contributed by atoms with Crippen molar-refractivity contribution in [1.29, 1.82) is 0 Å². The molecule has 2 heteroatoms. The minimum absolute atomic E-state index is 1.04. The minimum atomic E-state index is 1.04. The lowest BCUT2D eigenvalue weighted by Crippen LogP contribution is -1.61. The second-order valence-corrected chi connectivity index (χ2v) is 2.39. The van der Waals surface area contributed by atoms with Crippen LogP contribution in [0.3, 0.4) is 0 Å². The van der Waals surface area contributed by atoms with Gasteiger partial charge in [-0.1, -0.05) is 6.58 Å². The average molecular weight is 172 g/mol. The van der Waals surface area contributed by atoms with Gasteiger partial charge in [0.2, 0.25) is 0 Å². The molecular weight excluding hydrogens is 166 g/mol. The van der Waals surface area contributed by atoms with Gasteiger partial charge in [-0.25, -0.2) is 0 Å². The van der Waals surface area contributed by atoms with Crippen LogP contribution in [0.5, 0.6) is 0 Å². The summed E-state index contributed by atoms with van der Waals surface area (Å²) in [5, 5.41) is 0. The molecule has 0 saturated carbocycles. The van der Waals surface area contributed by atoms with Crippen LogP contribution in [-0.4, -0.2) is 4.98 Å². The summed E-state index contributed by atoms with van der Waals surface area (Å²) in [4.78, 5) is 2.99. The van der Waals surface area contributed by atoms with Gasteiger partial charge in [-0.05, 0) is 28.1 Å². The third-order valence-corrected chi connectivity index (χ3v) is 1.35. The van der Waals surface area contributed by atoms with Gasteiger partial charge in [-0.3, -0.25) is 0 Å². The van der Waals surface area contributed by atoms with E-state index in [0.717, 1.165) is 10.2 Å². The fourth-order valence-corrected chi connectivity index (χ4v) is 0.863. The van der Waals surface area contributed by atoms with E-state index in [2.05, 4.69) is 27.5 Å². The van der Waals surface area contributed by atoms with E-state index < -0.39 is 0 Å². The highest BCUT2D eigenvalue weighted by Gasteiger charge is 1.87. The summed E-state index contributed by atoms with van der Waals surface area (Å²) in [6, 6.07) is 1.97. The molecule has 1 rings (SSSR count). The van der Waals surface area contributed by atoms with Crippen molar-refractivity contribution in [3.05, 3.63) is 29.0 Å². The first-order valence-corrected chi connectivity index (χ1v) is 3.08. The van der Waals surface area contributed by atoms with Gasteiger partial charge < -0.3 is 4.98 Å². The molecule has 8 heavy (non-hydrogen) atoms. The molecule has 0 unspecified atom stereocenters. The molecule has 0 saturated heterocycles. The summed E-state index contributed by atoms with van der Waals surface area (Å²) in [5.74, 6) is 0. The number of halogens is 1. The van der Waals surface area contributed by atoms with E-state index >= 15 is 0 Å². The van der Waals surface area contributed by atoms with Gasteiger partial charge in [-0.15, -0.1) is 0 Å². The van der Waals surface area contributed by atoms with E-state index in [0.29, 0.717) is 0 Å². The third kappa shape index (κ3) is 1.01. The Morgan fingerprint density at radius 3 is 2.75 bits per heavy atom. The highest BCUT2D eigenvalue weighted by molar-refractivity contribution is 9.10. The minimum Gasteiger partial charge on any atom is -0.361 e. The predicted molar refractivity (Wildman–Crippen MR) is 38.6 cm³/mol. The maximum absolute atomic E-state index is 3.59. The fourth-order valence-electron chi connectivity index (χ4n) is 0.502. The number of hydrogen-bond acceptors (Lipinski definition) is 0. The van der Waals surface area contributed by atoms with Crippen molar-refractivity contribution in [2.75, 3.05) is 0 Å². The highest BCUT2D eigenvalue weighted by Crippen LogP contribution is 2.10. The SMILES string of the molecule is C=Cc1cc(Br)c[nH]1. The van der Waals surface area contributed by atoms with Gasteiger partial charge >= 0.3 is 0 Å². The summed E-state index contributed by atoms with van der Waals surface area (Å²) in [6.45, 7) is 3.59. The molecule has 0 fully saturated rings. The summed E-state index contributed by atoms with van der Waals surface area (Å²) in [7, 11) is 0. The number of nitrogens with one attached hydrogen (secondary N) is 1. The summed E-state index contributed by atoms with van der Waals surface area (Å²) >= 11 is 3.29. The Kier molecular flexibility index (Phi) is 1.53. The first-order chi connectivity index (χ1) is 3.83. The summed E-state index contributed by atoms with van der Waals surface area (Å²) in [5.41, 5.74) is 1.04. The van der Waals surface area contributed by atoms with Crippen LogP contribution in [0.4, 0.5) is 0 Å². The zero-order valence-corrected chi connectivity index (χ0v) is 5.90. The maximum atomic E-state index is 3.59. The molecule has 0 bridgehead atoms. The number of hydrogen-bond donors (Lipinski definition) is 1. The normalized spacial score (nSPS) is 9.12. The van der Waals surface area contributed by atoms with E-state index in [9.17, 15) is 0 Å². The third-order valence-electron chi connectivity index (χ3n) is 0.890. The van der Waals surface area contributed by atoms with E-state index in [1.807, 2.05) is 12.3 Å². The van der Waals surface area contributed by atoms with Crippen LogP contribution in [-0.2, 0) is 0 Å². The van der Waals surface area contributed by atoms with E-state index in [4.69, 9.17) is 0 Å². The lowest BCUT2D eigenvalue weighted by molar-refractivity contribution is 1.38. The average Bonchev–Trinajstić information content (AvgIpc) is 2.14. The van der Waals surface area contributed by atoms with Gasteiger partial charge in [0.05, 0.1) is 0 Å². The van der Waals surface area contributed by atoms with Crippen LogP contribution >= 0.6 is 15.9 Å². The predicted octanol–water partition coefficient (Wildman–Crippen LogP) is 2.42. The van der Waals surface area contributed by atoms with Gasteiger partial charge in [0.25, 0.3) is 0 Å². The number of H-pyrrole nitrogens is 1. The van der Waals surface area contributed by atoms with E-state index in [1.54, 1.807) is 6.08 Å².